The van der Waals surface area contributed by atoms with Crippen molar-refractivity contribution in [2.75, 3.05) is 20.1 Å². The minimum absolute atomic E-state index is 0.0988. The van der Waals surface area contributed by atoms with E-state index in [1.165, 1.54) is 27.0 Å². The van der Waals surface area contributed by atoms with Gasteiger partial charge in [0.1, 0.15) is 11.5 Å². The molecule has 7 heteroatoms. The molecule has 2 atom stereocenters. The zero-order valence-electron chi connectivity index (χ0n) is 20.4. The molecule has 1 fully saturated rings. The Morgan fingerprint density at radius 3 is 2.39 bits per heavy atom. The molecular formula is C29H28ClF2N3O. The van der Waals surface area contributed by atoms with Crippen molar-refractivity contribution in [2.24, 2.45) is 5.92 Å². The van der Waals surface area contributed by atoms with Crippen LogP contribution in [-0.4, -0.2) is 36.6 Å². The van der Waals surface area contributed by atoms with Crippen LogP contribution in [0.1, 0.15) is 58.4 Å². The molecule has 0 bridgehead atoms. The van der Waals surface area contributed by atoms with Crippen LogP contribution in [0.15, 0.2) is 66.7 Å². The van der Waals surface area contributed by atoms with Crippen LogP contribution >= 0.6 is 11.6 Å². The van der Waals surface area contributed by atoms with E-state index in [1.54, 1.807) is 12.1 Å². The molecule has 36 heavy (non-hydrogen) atoms. The Morgan fingerprint density at radius 1 is 1.08 bits per heavy atom. The Hall–Kier alpha value is -3.27. The molecule has 1 N–H and O–H groups in total. The second kappa shape index (κ2) is 10.4. The van der Waals surface area contributed by atoms with Gasteiger partial charge in [-0.3, -0.25) is 9.69 Å². The number of nitriles is 1. The molecule has 1 aliphatic heterocycles. The van der Waals surface area contributed by atoms with Crippen LogP contribution in [0.4, 0.5) is 8.78 Å². The first kappa shape index (κ1) is 25.8. The van der Waals surface area contributed by atoms with Gasteiger partial charge in [0.2, 0.25) is 0 Å². The highest BCUT2D eigenvalue weighted by molar-refractivity contribution is 6.30. The van der Waals surface area contributed by atoms with Crippen molar-refractivity contribution >= 4 is 17.5 Å². The summed E-state index contributed by atoms with van der Waals surface area (Å²) in [6, 6.07) is 21.2. The van der Waals surface area contributed by atoms with Gasteiger partial charge in [0, 0.05) is 36.6 Å². The van der Waals surface area contributed by atoms with E-state index in [0.29, 0.717) is 29.2 Å². The van der Waals surface area contributed by atoms with Gasteiger partial charge in [0.05, 0.1) is 17.7 Å². The maximum Gasteiger partial charge on any atom is 0.251 e. The van der Waals surface area contributed by atoms with Crippen LogP contribution in [0.25, 0.3) is 0 Å². The summed E-state index contributed by atoms with van der Waals surface area (Å²) in [6.45, 7) is 4.12. The number of nitrogens with zero attached hydrogens (tertiary/aromatic N) is 2. The lowest BCUT2D eigenvalue weighted by Crippen LogP contribution is -2.53. The Labute approximate surface area is 215 Å². The van der Waals surface area contributed by atoms with Crippen LogP contribution in [0.2, 0.25) is 5.02 Å². The van der Waals surface area contributed by atoms with Gasteiger partial charge in [-0.05, 0) is 78.9 Å². The van der Waals surface area contributed by atoms with E-state index >= 15 is 4.39 Å². The summed E-state index contributed by atoms with van der Waals surface area (Å²) >= 11 is 6.12. The Balaban J connectivity index is 1.67. The predicted molar refractivity (Wildman–Crippen MR) is 137 cm³/mol. The molecule has 0 aromatic heterocycles. The van der Waals surface area contributed by atoms with Crippen LogP contribution < -0.4 is 5.32 Å². The molecule has 1 heterocycles. The third-order valence-electron chi connectivity index (χ3n) is 6.80. The van der Waals surface area contributed by atoms with Gasteiger partial charge < -0.3 is 5.32 Å². The average Bonchev–Trinajstić information content (AvgIpc) is 2.82. The Bertz CT molecular complexity index is 1290. The van der Waals surface area contributed by atoms with Crippen LogP contribution in [0, 0.1) is 23.1 Å². The van der Waals surface area contributed by atoms with Gasteiger partial charge >= 0.3 is 0 Å². The lowest BCUT2D eigenvalue weighted by molar-refractivity contribution is 0.00809. The zero-order valence-corrected chi connectivity index (χ0v) is 21.2. The lowest BCUT2D eigenvalue weighted by Gasteiger charge is -2.50. The number of carbonyl (C=O) groups is 1. The molecule has 1 aliphatic rings. The minimum Gasteiger partial charge on any atom is -0.355 e. The second-order valence-corrected chi connectivity index (χ2v) is 10.2. The standard InChI is InChI=1S/C29H28ClF2N3O/c1-29(2,32)26(21-12-22(28(36)34-3)14-25(31)13-21)23-16-35(17-23)27(19-7-9-24(30)10-8-19)20-6-4-5-18(11-20)15-33/h4-14,23,26-27H,16-17H2,1-3H3,(H,34,36). The van der Waals surface area contributed by atoms with Gasteiger partial charge in [-0.2, -0.15) is 5.26 Å². The fourth-order valence-electron chi connectivity index (χ4n) is 5.30. The number of nitrogens with one attached hydrogen (secondary N) is 1. The van der Waals surface area contributed by atoms with Crippen molar-refractivity contribution in [3.8, 4) is 6.07 Å². The van der Waals surface area contributed by atoms with Gasteiger partial charge in [-0.15, -0.1) is 0 Å². The average molecular weight is 508 g/mol. The molecule has 2 unspecified atom stereocenters. The topological polar surface area (TPSA) is 56.1 Å². The third kappa shape index (κ3) is 5.43. The lowest BCUT2D eigenvalue weighted by atomic mass is 9.72. The molecule has 0 radical (unpaired) electrons. The van der Waals surface area contributed by atoms with Crippen molar-refractivity contribution in [3.63, 3.8) is 0 Å². The number of rotatable bonds is 7. The number of alkyl halides is 1. The molecule has 3 aromatic carbocycles. The van der Waals surface area contributed by atoms with Crippen molar-refractivity contribution in [1.82, 2.24) is 10.2 Å². The summed E-state index contributed by atoms with van der Waals surface area (Å²) in [5.74, 6) is -1.69. The zero-order chi connectivity index (χ0) is 26.0. The number of likely N-dealkylation sites (tertiary alicyclic amines) is 1. The number of halogens is 3. The van der Waals surface area contributed by atoms with Crippen molar-refractivity contribution in [2.45, 2.75) is 31.5 Å². The monoisotopic (exact) mass is 507 g/mol. The fourth-order valence-corrected chi connectivity index (χ4v) is 5.43. The fraction of sp³-hybridized carbons (Fsp3) is 0.310. The summed E-state index contributed by atoms with van der Waals surface area (Å²) in [5, 5.41) is 12.5. The van der Waals surface area contributed by atoms with E-state index < -0.39 is 23.3 Å². The molecule has 1 amide bonds. The van der Waals surface area contributed by atoms with E-state index in [4.69, 9.17) is 11.6 Å². The van der Waals surface area contributed by atoms with E-state index in [2.05, 4.69) is 16.3 Å². The highest BCUT2D eigenvalue weighted by Gasteiger charge is 2.45. The first-order chi connectivity index (χ1) is 17.1. The Morgan fingerprint density at radius 2 is 1.78 bits per heavy atom. The summed E-state index contributed by atoms with van der Waals surface area (Å²) < 4.78 is 30.0. The SMILES string of the molecule is CNC(=O)c1cc(F)cc(C(C2CN(C(c3ccc(Cl)cc3)c3cccc(C#N)c3)C2)C(C)(C)F)c1. The molecule has 1 saturated heterocycles. The van der Waals surface area contributed by atoms with Gasteiger partial charge in [0.25, 0.3) is 5.91 Å². The molecule has 186 valence electrons. The second-order valence-electron chi connectivity index (χ2n) is 9.80. The summed E-state index contributed by atoms with van der Waals surface area (Å²) in [6.07, 6.45) is 0. The van der Waals surface area contributed by atoms with E-state index in [9.17, 15) is 14.4 Å². The maximum absolute atomic E-state index is 15.6. The largest absolute Gasteiger partial charge is 0.355 e. The number of benzene rings is 3. The summed E-state index contributed by atoms with van der Waals surface area (Å²) in [5.41, 5.74) is 1.54. The third-order valence-corrected chi connectivity index (χ3v) is 7.05. The highest BCUT2D eigenvalue weighted by atomic mass is 35.5. The van der Waals surface area contributed by atoms with E-state index in [0.717, 1.165) is 17.2 Å². The molecule has 4 rings (SSSR count). The van der Waals surface area contributed by atoms with Gasteiger partial charge in [-0.25, -0.2) is 8.78 Å². The molecule has 0 aliphatic carbocycles. The number of hydrogen-bond donors (Lipinski definition) is 1. The maximum atomic E-state index is 15.6. The van der Waals surface area contributed by atoms with Crippen molar-refractivity contribution in [3.05, 3.63) is 105 Å². The smallest absolute Gasteiger partial charge is 0.251 e. The molecule has 4 nitrogen and oxygen atoms in total. The molecule has 0 saturated carbocycles. The number of hydrogen-bond acceptors (Lipinski definition) is 3. The number of carbonyl (C=O) groups excluding carboxylic acids is 1. The quantitative estimate of drug-likeness (QED) is 0.410. The van der Waals surface area contributed by atoms with Crippen LogP contribution in [-0.2, 0) is 0 Å². The first-order valence-corrected chi connectivity index (χ1v) is 12.2. The van der Waals surface area contributed by atoms with Crippen LogP contribution in [0.3, 0.4) is 0 Å². The predicted octanol–water partition coefficient (Wildman–Crippen LogP) is 6.26. The Kier molecular flexibility index (Phi) is 7.44. The molecule has 0 spiro atoms. The minimum atomic E-state index is -1.64. The van der Waals surface area contributed by atoms with Crippen molar-refractivity contribution in [1.29, 1.82) is 5.26 Å². The van der Waals surface area contributed by atoms with Gasteiger partial charge in [0.15, 0.2) is 0 Å². The summed E-state index contributed by atoms with van der Waals surface area (Å²) in [7, 11) is 1.48. The molecule has 3 aromatic rings. The normalized spacial score (nSPS) is 16.0. The highest BCUT2D eigenvalue weighted by Crippen LogP contribution is 2.45. The summed E-state index contributed by atoms with van der Waals surface area (Å²) in [4.78, 5) is 14.4. The van der Waals surface area contributed by atoms with Crippen LogP contribution in [0.5, 0.6) is 0 Å². The van der Waals surface area contributed by atoms with E-state index in [1.807, 2.05) is 42.5 Å². The number of amides is 1. The first-order valence-electron chi connectivity index (χ1n) is 11.8. The van der Waals surface area contributed by atoms with Crippen molar-refractivity contribution < 1.29 is 13.6 Å². The van der Waals surface area contributed by atoms with Gasteiger partial charge in [-0.1, -0.05) is 35.9 Å². The molecular weight excluding hydrogens is 480 g/mol. The van der Waals surface area contributed by atoms with E-state index in [-0.39, 0.29) is 17.5 Å².